The van der Waals surface area contributed by atoms with Gasteiger partial charge in [-0.3, -0.25) is 9.59 Å². The second-order valence-corrected chi connectivity index (χ2v) is 3.09. The van der Waals surface area contributed by atoms with E-state index in [1.807, 2.05) is 0 Å². The van der Waals surface area contributed by atoms with Gasteiger partial charge >= 0.3 is 5.97 Å². The summed E-state index contributed by atoms with van der Waals surface area (Å²) in [6.45, 7) is 2.03. The smallest absolute Gasteiger partial charge is 0.329 e. The molecule has 0 aliphatic carbocycles. The van der Waals surface area contributed by atoms with E-state index in [1.165, 1.54) is 0 Å². The van der Waals surface area contributed by atoms with Crippen molar-refractivity contribution < 1.29 is 24.2 Å². The molecule has 0 spiro atoms. The highest BCUT2D eigenvalue weighted by molar-refractivity contribution is 5.89. The number of nitrogens with one attached hydrogen (secondary N) is 1. The molecule has 0 radical (unpaired) electrons. The highest BCUT2D eigenvalue weighted by Gasteiger charge is 2.24. The lowest BCUT2D eigenvalue weighted by Gasteiger charge is -2.01. The zero-order valence-corrected chi connectivity index (χ0v) is 9.06. The number of aliphatic carboxylic acids is 1. The summed E-state index contributed by atoms with van der Waals surface area (Å²) in [7, 11) is 0. The lowest BCUT2D eigenvalue weighted by molar-refractivity contribution is -0.142. The average Bonchev–Trinajstić information content (AvgIpc) is 2.63. The molecule has 7 heteroatoms. The molecular weight excluding hydrogens is 216 g/mol. The molecular formula is C9H16N2O5. The molecule has 1 saturated heterocycles. The molecule has 0 aromatic rings. The first-order valence-electron chi connectivity index (χ1n) is 4.85. The maximum absolute atomic E-state index is 10.4. The molecule has 1 aliphatic heterocycles. The molecule has 16 heavy (non-hydrogen) atoms. The molecule has 4 N–H and O–H groups in total. The van der Waals surface area contributed by atoms with Crippen LogP contribution in [0.5, 0.6) is 0 Å². The highest BCUT2D eigenvalue weighted by Crippen LogP contribution is 2.04. The van der Waals surface area contributed by atoms with Gasteiger partial charge in [0.1, 0.15) is 12.6 Å². The Balaban J connectivity index is 0.000000293. The zero-order valence-electron chi connectivity index (χ0n) is 9.06. The summed E-state index contributed by atoms with van der Waals surface area (Å²) < 4.78 is 4.50. The third-order valence-corrected chi connectivity index (χ3v) is 1.77. The van der Waals surface area contributed by atoms with E-state index in [4.69, 9.17) is 10.8 Å². The molecule has 0 bridgehead atoms. The molecule has 0 saturated carbocycles. The molecule has 1 heterocycles. The van der Waals surface area contributed by atoms with Crippen LogP contribution >= 0.6 is 0 Å². The van der Waals surface area contributed by atoms with Crippen LogP contribution in [-0.2, 0) is 19.1 Å². The number of carbonyl (C=O) groups is 3. The van der Waals surface area contributed by atoms with Gasteiger partial charge in [-0.25, -0.2) is 4.79 Å². The van der Waals surface area contributed by atoms with Crippen LogP contribution in [0.4, 0.5) is 0 Å². The van der Waals surface area contributed by atoms with E-state index in [0.29, 0.717) is 19.4 Å². The normalized spacial score (nSPS) is 18.3. The van der Waals surface area contributed by atoms with E-state index in [0.717, 1.165) is 0 Å². The van der Waals surface area contributed by atoms with Crippen molar-refractivity contribution in [2.45, 2.75) is 25.8 Å². The van der Waals surface area contributed by atoms with E-state index < -0.39 is 17.9 Å². The molecule has 0 aromatic carbocycles. The average molecular weight is 232 g/mol. The van der Waals surface area contributed by atoms with Gasteiger partial charge in [-0.1, -0.05) is 0 Å². The van der Waals surface area contributed by atoms with Gasteiger partial charge in [-0.2, -0.15) is 0 Å². The number of amides is 2. The van der Waals surface area contributed by atoms with Gasteiger partial charge < -0.3 is 20.9 Å². The molecule has 1 unspecified atom stereocenters. The second-order valence-electron chi connectivity index (χ2n) is 3.09. The summed E-state index contributed by atoms with van der Waals surface area (Å²) in [6.07, 6.45) is 0.974. The van der Waals surface area contributed by atoms with E-state index >= 15 is 0 Å². The number of carboxylic acids is 1. The van der Waals surface area contributed by atoms with Crippen molar-refractivity contribution in [3.63, 3.8) is 0 Å². The van der Waals surface area contributed by atoms with Gasteiger partial charge in [0, 0.05) is 13.0 Å². The van der Waals surface area contributed by atoms with Gasteiger partial charge in [0.2, 0.25) is 11.8 Å². The van der Waals surface area contributed by atoms with Crippen LogP contribution in [0.3, 0.4) is 0 Å². The van der Waals surface area contributed by atoms with Crippen molar-refractivity contribution in [1.82, 2.24) is 5.32 Å². The summed E-state index contributed by atoms with van der Waals surface area (Å²) in [5.74, 6) is -1.44. The number of rotatable bonds is 4. The monoisotopic (exact) mass is 232 g/mol. The van der Waals surface area contributed by atoms with Crippen LogP contribution in [0.15, 0.2) is 0 Å². The fourth-order valence-corrected chi connectivity index (χ4v) is 1.02. The fraction of sp³-hybridized carbons (Fsp3) is 0.667. The van der Waals surface area contributed by atoms with Crippen LogP contribution in [-0.4, -0.2) is 42.1 Å². The zero-order chi connectivity index (χ0) is 12.6. The molecule has 1 rings (SSSR count). The number of carboxylic acid groups (broad SMARTS) is 1. The van der Waals surface area contributed by atoms with E-state index in [-0.39, 0.29) is 12.5 Å². The summed E-state index contributed by atoms with van der Waals surface area (Å²) in [5, 5.41) is 10.4. The number of hydrogen-bond donors (Lipinski definition) is 3. The molecule has 1 atom stereocenters. The lowest BCUT2D eigenvalue weighted by atomic mass is 10.2. The number of ether oxygens (including phenoxy) is 1. The Kier molecular flexibility index (Phi) is 6.86. The van der Waals surface area contributed by atoms with Gasteiger partial charge in [-0.15, -0.1) is 0 Å². The van der Waals surface area contributed by atoms with Crippen LogP contribution in [0.1, 0.15) is 19.8 Å². The lowest BCUT2D eigenvalue weighted by Crippen LogP contribution is -2.37. The number of carbonyl (C=O) groups excluding carboxylic acids is 2. The predicted octanol–water partition coefficient (Wildman–Crippen LogP) is -1.14. The Morgan fingerprint density at radius 3 is 2.44 bits per heavy atom. The van der Waals surface area contributed by atoms with Crippen molar-refractivity contribution >= 4 is 17.8 Å². The van der Waals surface area contributed by atoms with E-state index in [9.17, 15) is 14.4 Å². The van der Waals surface area contributed by atoms with Crippen molar-refractivity contribution in [3.8, 4) is 0 Å². The van der Waals surface area contributed by atoms with Crippen molar-refractivity contribution in [2.75, 3.05) is 13.2 Å². The Morgan fingerprint density at radius 2 is 2.25 bits per heavy atom. The summed E-state index contributed by atoms with van der Waals surface area (Å²) in [6, 6.07) is -0.419. The molecule has 1 fully saturated rings. The van der Waals surface area contributed by atoms with Crippen molar-refractivity contribution in [2.24, 2.45) is 5.73 Å². The summed E-state index contributed by atoms with van der Waals surface area (Å²) in [5.41, 5.74) is 4.91. The second kappa shape index (κ2) is 7.63. The summed E-state index contributed by atoms with van der Waals surface area (Å²) >= 11 is 0. The number of primary amides is 1. The first-order valence-corrected chi connectivity index (χ1v) is 4.85. The minimum Gasteiger partial charge on any atom is -0.480 e. The first kappa shape index (κ1) is 14.4. The van der Waals surface area contributed by atoms with E-state index in [2.05, 4.69) is 10.1 Å². The highest BCUT2D eigenvalue weighted by atomic mass is 16.5. The standard InChI is InChI=1S/C5H8N2O2.C4H8O3/c6-5(9)3-1-2-4(8)7-3;1-2-7-3-4(5)6/h3H,1-2H2,(H2,6,9)(H,7,8);2-3H2,1H3,(H,5,6). The Bertz CT molecular complexity index is 267. The predicted molar refractivity (Wildman–Crippen MR) is 54.5 cm³/mol. The van der Waals surface area contributed by atoms with Crippen LogP contribution in [0.2, 0.25) is 0 Å². The third kappa shape index (κ3) is 6.77. The maximum Gasteiger partial charge on any atom is 0.329 e. The Morgan fingerprint density at radius 1 is 1.62 bits per heavy atom. The number of hydrogen-bond acceptors (Lipinski definition) is 4. The molecule has 0 aromatic heterocycles. The van der Waals surface area contributed by atoms with Crippen LogP contribution in [0, 0.1) is 0 Å². The topological polar surface area (TPSA) is 119 Å². The van der Waals surface area contributed by atoms with Crippen molar-refractivity contribution in [1.29, 1.82) is 0 Å². The van der Waals surface area contributed by atoms with Gasteiger partial charge in [0.05, 0.1) is 0 Å². The molecule has 2 amide bonds. The van der Waals surface area contributed by atoms with Gasteiger partial charge in [0.25, 0.3) is 0 Å². The van der Waals surface area contributed by atoms with E-state index in [1.54, 1.807) is 6.92 Å². The van der Waals surface area contributed by atoms with Crippen LogP contribution < -0.4 is 11.1 Å². The largest absolute Gasteiger partial charge is 0.480 e. The minimum absolute atomic E-state index is 0.0844. The Labute approximate surface area is 92.9 Å². The van der Waals surface area contributed by atoms with Crippen LogP contribution in [0.25, 0.3) is 0 Å². The van der Waals surface area contributed by atoms with Crippen molar-refractivity contribution in [3.05, 3.63) is 0 Å². The SMILES string of the molecule is CCOCC(=O)O.NC(=O)C1CCC(=O)N1. The molecule has 7 nitrogen and oxygen atoms in total. The minimum atomic E-state index is -0.915. The molecule has 92 valence electrons. The van der Waals surface area contributed by atoms with Gasteiger partial charge in [-0.05, 0) is 13.3 Å². The maximum atomic E-state index is 10.4. The first-order chi connectivity index (χ1) is 7.47. The van der Waals surface area contributed by atoms with Gasteiger partial charge in [0.15, 0.2) is 0 Å². The quantitative estimate of drug-likeness (QED) is 0.566. The summed E-state index contributed by atoms with van der Waals surface area (Å²) in [4.78, 5) is 30.4. The Hall–Kier alpha value is -1.63. The third-order valence-electron chi connectivity index (χ3n) is 1.77. The fourth-order valence-electron chi connectivity index (χ4n) is 1.02. The number of nitrogens with two attached hydrogens (primary N) is 1. The molecule has 1 aliphatic rings.